The van der Waals surface area contributed by atoms with Gasteiger partial charge in [-0.1, -0.05) is 6.92 Å². The number of hydrogen-bond donors (Lipinski definition) is 1. The monoisotopic (exact) mass is 406 g/mol. The molecule has 0 amide bonds. The Labute approximate surface area is 177 Å². The van der Waals surface area contributed by atoms with Crippen molar-refractivity contribution in [1.82, 2.24) is 10.2 Å². The fourth-order valence-electron chi connectivity index (χ4n) is 7.38. The fourth-order valence-corrected chi connectivity index (χ4v) is 7.38. The lowest BCUT2D eigenvalue weighted by Crippen LogP contribution is -2.63. The highest BCUT2D eigenvalue weighted by Crippen LogP contribution is 2.43. The number of ether oxygens (including phenoxy) is 3. The van der Waals surface area contributed by atoms with E-state index in [0.29, 0.717) is 24.3 Å². The fraction of sp³-hybridized carbons (Fsp3) is 1.00. The summed E-state index contributed by atoms with van der Waals surface area (Å²) in [4.78, 5) is 2.67. The molecule has 5 heteroatoms. The first-order chi connectivity index (χ1) is 14.1. The Kier molecular flexibility index (Phi) is 6.23. The van der Waals surface area contributed by atoms with Crippen LogP contribution in [-0.4, -0.2) is 74.2 Å². The van der Waals surface area contributed by atoms with Crippen molar-refractivity contribution in [3.05, 3.63) is 0 Å². The molecule has 1 spiro atoms. The van der Waals surface area contributed by atoms with Crippen LogP contribution in [0.5, 0.6) is 0 Å². The van der Waals surface area contributed by atoms with Gasteiger partial charge in [0.25, 0.3) is 0 Å². The highest BCUT2D eigenvalue weighted by molar-refractivity contribution is 5.10. The van der Waals surface area contributed by atoms with Gasteiger partial charge in [-0.25, -0.2) is 0 Å². The summed E-state index contributed by atoms with van der Waals surface area (Å²) in [5, 5.41) is 3.85. The molecule has 166 valence electrons. The van der Waals surface area contributed by atoms with Crippen molar-refractivity contribution in [1.29, 1.82) is 0 Å². The van der Waals surface area contributed by atoms with Crippen molar-refractivity contribution in [3.8, 4) is 0 Å². The smallest absolute Gasteiger partial charge is 0.0665 e. The van der Waals surface area contributed by atoms with Crippen molar-refractivity contribution in [3.63, 3.8) is 0 Å². The van der Waals surface area contributed by atoms with Crippen LogP contribution in [0.25, 0.3) is 0 Å². The largest absolute Gasteiger partial charge is 0.378 e. The van der Waals surface area contributed by atoms with Gasteiger partial charge in [0.2, 0.25) is 0 Å². The van der Waals surface area contributed by atoms with Crippen LogP contribution < -0.4 is 5.32 Å². The topological polar surface area (TPSA) is 43.0 Å². The Balaban J connectivity index is 1.35. The number of rotatable bonds is 0. The zero-order valence-electron chi connectivity index (χ0n) is 18.6. The molecule has 4 aliphatic heterocycles. The molecular formula is C24H42N2O3. The Hall–Kier alpha value is -0.200. The van der Waals surface area contributed by atoms with Crippen LogP contribution in [0.4, 0.5) is 0 Å². The van der Waals surface area contributed by atoms with Crippen LogP contribution in [0, 0.1) is 17.8 Å². The van der Waals surface area contributed by atoms with E-state index in [0.717, 1.165) is 63.7 Å². The molecule has 0 aromatic carbocycles. The van der Waals surface area contributed by atoms with Gasteiger partial charge in [0.1, 0.15) is 0 Å². The molecule has 2 bridgehead atoms. The van der Waals surface area contributed by atoms with E-state index in [4.69, 9.17) is 14.2 Å². The average Bonchev–Trinajstić information content (AvgIpc) is 2.99. The molecule has 4 heterocycles. The standard InChI is InChI=1S/C24H42N2O3/c1-17-3-8-22-21(13-17)19-4-6-20(7-5-19)29-15-23-24(16-27-11-9-25-24)14-18(2)26(23)10-12-28-22/h17-23,25H,3-16H2,1-2H3. The van der Waals surface area contributed by atoms with E-state index in [1.165, 1.54) is 44.9 Å². The molecule has 6 fully saturated rings. The predicted molar refractivity (Wildman–Crippen MR) is 114 cm³/mol. The molecular weight excluding hydrogens is 364 g/mol. The average molecular weight is 407 g/mol. The predicted octanol–water partition coefficient (Wildman–Crippen LogP) is 3.22. The number of nitrogens with one attached hydrogen (secondary N) is 1. The van der Waals surface area contributed by atoms with Crippen LogP contribution in [-0.2, 0) is 14.2 Å². The molecule has 0 radical (unpaired) electrons. The molecule has 2 aliphatic carbocycles. The van der Waals surface area contributed by atoms with E-state index < -0.39 is 0 Å². The lowest BCUT2D eigenvalue weighted by molar-refractivity contribution is -0.0568. The molecule has 1 N–H and O–H groups in total. The second kappa shape index (κ2) is 8.74. The Morgan fingerprint density at radius 3 is 2.62 bits per heavy atom. The van der Waals surface area contributed by atoms with Gasteiger partial charge in [0, 0.05) is 19.1 Å². The van der Waals surface area contributed by atoms with Crippen molar-refractivity contribution < 1.29 is 14.2 Å². The van der Waals surface area contributed by atoms with Crippen molar-refractivity contribution in [2.24, 2.45) is 17.8 Å². The van der Waals surface area contributed by atoms with Crippen LogP contribution in [0.3, 0.4) is 0 Å². The van der Waals surface area contributed by atoms with Gasteiger partial charge >= 0.3 is 0 Å². The third kappa shape index (κ3) is 4.15. The maximum Gasteiger partial charge on any atom is 0.0665 e. The summed E-state index contributed by atoms with van der Waals surface area (Å²) in [6.07, 6.45) is 11.2. The highest BCUT2D eigenvalue weighted by atomic mass is 16.5. The van der Waals surface area contributed by atoms with Gasteiger partial charge in [-0.3, -0.25) is 4.90 Å². The number of nitrogens with zero attached hydrogens (tertiary/aromatic N) is 1. The molecule has 6 rings (SSSR count). The second-order valence-electron chi connectivity index (χ2n) is 10.8. The van der Waals surface area contributed by atoms with Crippen LogP contribution in [0.15, 0.2) is 0 Å². The third-order valence-corrected chi connectivity index (χ3v) is 8.94. The molecule has 5 nitrogen and oxygen atoms in total. The number of fused-ring (bicyclic) bond motifs is 5. The molecule has 6 atom stereocenters. The summed E-state index contributed by atoms with van der Waals surface area (Å²) in [6, 6.07) is 0.937. The first-order valence-electron chi connectivity index (χ1n) is 12.5. The summed E-state index contributed by atoms with van der Waals surface area (Å²) in [5.74, 6) is 2.48. The van der Waals surface area contributed by atoms with Crippen molar-refractivity contribution in [2.75, 3.05) is 39.5 Å². The maximum absolute atomic E-state index is 6.66. The van der Waals surface area contributed by atoms with E-state index in [-0.39, 0.29) is 5.54 Å². The van der Waals surface area contributed by atoms with Crippen molar-refractivity contribution in [2.45, 2.75) is 95.0 Å². The summed E-state index contributed by atoms with van der Waals surface area (Å²) in [5.41, 5.74) is 0.0534. The molecule has 2 saturated carbocycles. The Morgan fingerprint density at radius 1 is 0.966 bits per heavy atom. The Morgan fingerprint density at radius 2 is 1.83 bits per heavy atom. The minimum atomic E-state index is 0.0534. The van der Waals surface area contributed by atoms with Gasteiger partial charge in [0.05, 0.1) is 50.2 Å². The molecule has 0 aromatic heterocycles. The van der Waals surface area contributed by atoms with Gasteiger partial charge in [0.15, 0.2) is 0 Å². The minimum absolute atomic E-state index is 0.0534. The van der Waals surface area contributed by atoms with E-state index in [9.17, 15) is 0 Å². The molecule has 4 saturated heterocycles. The SMILES string of the molecule is CC1CCC2OCCN3C(C)CC4(COCCN4)C3COC3CCC(CC3)C2C1. The van der Waals surface area contributed by atoms with E-state index in [2.05, 4.69) is 24.1 Å². The molecule has 6 unspecified atom stereocenters. The zero-order valence-corrected chi connectivity index (χ0v) is 18.6. The number of hydrogen-bond acceptors (Lipinski definition) is 5. The maximum atomic E-state index is 6.66. The van der Waals surface area contributed by atoms with Gasteiger partial charge < -0.3 is 19.5 Å². The normalized spacial score (nSPS) is 49.7. The molecule has 29 heavy (non-hydrogen) atoms. The Bertz CT molecular complexity index is 544. The first kappa shape index (κ1) is 20.7. The first-order valence-corrected chi connectivity index (χ1v) is 12.5. The zero-order chi connectivity index (χ0) is 19.8. The van der Waals surface area contributed by atoms with E-state index >= 15 is 0 Å². The quantitative estimate of drug-likeness (QED) is 0.669. The van der Waals surface area contributed by atoms with Crippen LogP contribution in [0.1, 0.15) is 65.2 Å². The van der Waals surface area contributed by atoms with Crippen molar-refractivity contribution >= 4 is 0 Å². The number of morpholine rings is 1. The lowest BCUT2D eigenvalue weighted by atomic mass is 9.69. The van der Waals surface area contributed by atoms with E-state index in [1.807, 2.05) is 0 Å². The minimum Gasteiger partial charge on any atom is -0.378 e. The van der Waals surface area contributed by atoms with E-state index in [1.54, 1.807) is 0 Å². The summed E-state index contributed by atoms with van der Waals surface area (Å²) >= 11 is 0. The molecule has 6 aliphatic rings. The third-order valence-electron chi connectivity index (χ3n) is 8.94. The molecule has 0 aromatic rings. The summed E-state index contributed by atoms with van der Waals surface area (Å²) in [7, 11) is 0. The van der Waals surface area contributed by atoms with Gasteiger partial charge in [-0.2, -0.15) is 0 Å². The van der Waals surface area contributed by atoms with Gasteiger partial charge in [-0.15, -0.1) is 0 Å². The summed E-state index contributed by atoms with van der Waals surface area (Å²) < 4.78 is 19.2. The van der Waals surface area contributed by atoms with Crippen LogP contribution >= 0.6 is 0 Å². The lowest BCUT2D eigenvalue weighted by Gasteiger charge is -2.42. The van der Waals surface area contributed by atoms with Crippen LogP contribution in [0.2, 0.25) is 0 Å². The van der Waals surface area contributed by atoms with Gasteiger partial charge in [-0.05, 0) is 76.0 Å². The highest BCUT2D eigenvalue weighted by Gasteiger charge is 2.52. The summed E-state index contributed by atoms with van der Waals surface area (Å²) in [6.45, 7) is 10.2. The second-order valence-corrected chi connectivity index (χ2v) is 10.8.